The van der Waals surface area contributed by atoms with Crippen LogP contribution in [0.5, 0.6) is 5.75 Å². The van der Waals surface area contributed by atoms with E-state index < -0.39 is 6.04 Å². The molecule has 0 unspecified atom stereocenters. The molecule has 0 saturated carbocycles. The van der Waals surface area contributed by atoms with Gasteiger partial charge in [-0.25, -0.2) is 9.18 Å². The van der Waals surface area contributed by atoms with Crippen molar-refractivity contribution < 1.29 is 19.0 Å². The molecule has 2 aromatic heterocycles. The minimum atomic E-state index is -0.538. The highest BCUT2D eigenvalue weighted by Crippen LogP contribution is 2.50. The average Bonchev–Trinajstić information content (AvgIpc) is 3.21. The number of carbonyl (C=O) groups is 1. The number of urea groups is 1. The van der Waals surface area contributed by atoms with E-state index in [9.17, 15) is 14.3 Å². The van der Waals surface area contributed by atoms with E-state index in [0.29, 0.717) is 12.2 Å². The van der Waals surface area contributed by atoms with Gasteiger partial charge in [-0.1, -0.05) is 6.07 Å². The number of methoxy groups -OCH3 is 1. The Kier molecular flexibility index (Phi) is 6.04. The van der Waals surface area contributed by atoms with Gasteiger partial charge in [0, 0.05) is 67.7 Å². The molecule has 9 heteroatoms. The molecule has 38 heavy (non-hydrogen) atoms. The highest BCUT2D eigenvalue weighted by molar-refractivity contribution is 5.92. The van der Waals surface area contributed by atoms with Gasteiger partial charge in [-0.05, 0) is 54.1 Å². The number of rotatable bonds is 5. The molecule has 0 bridgehead atoms. The molecule has 1 saturated heterocycles. The summed E-state index contributed by atoms with van der Waals surface area (Å²) in [5.41, 5.74) is 4.29. The molecule has 1 spiro atoms. The number of aliphatic hydroxyl groups excluding tert-OH is 1. The molecule has 8 nitrogen and oxygen atoms in total. The van der Waals surface area contributed by atoms with Crippen LogP contribution in [-0.2, 0) is 19.0 Å². The topological polar surface area (TPSA) is 82.9 Å². The van der Waals surface area contributed by atoms with Crippen molar-refractivity contribution >= 4 is 22.6 Å². The fourth-order valence-corrected chi connectivity index (χ4v) is 6.20. The fourth-order valence-electron chi connectivity index (χ4n) is 6.20. The van der Waals surface area contributed by atoms with Gasteiger partial charge in [0.15, 0.2) is 0 Å². The van der Waals surface area contributed by atoms with Gasteiger partial charge in [0.1, 0.15) is 11.6 Å². The average molecular weight is 516 g/mol. The first-order valence-corrected chi connectivity index (χ1v) is 12.7. The Bertz CT molecular complexity index is 1480. The highest BCUT2D eigenvalue weighted by Gasteiger charge is 2.54. The monoisotopic (exact) mass is 515 g/mol. The fraction of sp³-hybridized carbons (Fsp3) is 0.310. The quantitative estimate of drug-likeness (QED) is 0.419. The van der Waals surface area contributed by atoms with Crippen LogP contribution in [0.25, 0.3) is 10.9 Å². The number of amides is 2. The number of fused-ring (bicyclic) bond motifs is 4. The van der Waals surface area contributed by atoms with Gasteiger partial charge in [-0.15, -0.1) is 0 Å². The Morgan fingerprint density at radius 2 is 1.95 bits per heavy atom. The van der Waals surface area contributed by atoms with E-state index in [4.69, 9.17) is 4.74 Å². The third-order valence-electron chi connectivity index (χ3n) is 7.84. The number of hydrogen-bond donors (Lipinski definition) is 2. The van der Waals surface area contributed by atoms with Crippen LogP contribution < -0.4 is 10.1 Å². The van der Waals surface area contributed by atoms with Crippen molar-refractivity contribution in [3.05, 3.63) is 89.6 Å². The number of halogens is 1. The number of aromatic nitrogens is 2. The Morgan fingerprint density at radius 3 is 2.63 bits per heavy atom. The maximum Gasteiger partial charge on any atom is 0.322 e. The molecule has 0 radical (unpaired) electrons. The first kappa shape index (κ1) is 24.4. The van der Waals surface area contributed by atoms with Crippen LogP contribution in [0.15, 0.2) is 66.9 Å². The number of ether oxygens (including phenoxy) is 1. The second-order valence-electron chi connectivity index (χ2n) is 10.2. The lowest BCUT2D eigenvalue weighted by atomic mass is 9.68. The third-order valence-corrected chi connectivity index (χ3v) is 7.84. The number of pyridine rings is 1. The lowest BCUT2D eigenvalue weighted by molar-refractivity contribution is 0.00702. The molecule has 2 N–H and O–H groups in total. The molecule has 2 aromatic carbocycles. The summed E-state index contributed by atoms with van der Waals surface area (Å²) in [6.45, 7) is 2.45. The summed E-state index contributed by atoms with van der Waals surface area (Å²) in [6, 6.07) is 16.8. The maximum absolute atomic E-state index is 13.6. The minimum Gasteiger partial charge on any atom is -0.497 e. The van der Waals surface area contributed by atoms with Gasteiger partial charge < -0.3 is 24.6 Å². The number of anilines is 1. The zero-order chi connectivity index (χ0) is 26.4. The number of nitrogens with zero attached hydrogens (tertiary/aromatic N) is 4. The van der Waals surface area contributed by atoms with Crippen LogP contribution in [0.3, 0.4) is 0 Å². The van der Waals surface area contributed by atoms with Gasteiger partial charge in [-0.2, -0.15) is 0 Å². The number of benzene rings is 2. The van der Waals surface area contributed by atoms with E-state index in [1.165, 1.54) is 29.8 Å². The van der Waals surface area contributed by atoms with Crippen molar-refractivity contribution in [2.45, 2.75) is 18.0 Å². The van der Waals surface area contributed by atoms with Gasteiger partial charge >= 0.3 is 6.03 Å². The van der Waals surface area contributed by atoms with Crippen molar-refractivity contribution in [2.75, 3.05) is 38.7 Å². The molecule has 2 aliphatic rings. The predicted octanol–water partition coefficient (Wildman–Crippen LogP) is 4.06. The molecular formula is C29H30FN5O3. The van der Waals surface area contributed by atoms with Gasteiger partial charge in [0.05, 0.1) is 31.0 Å². The molecule has 2 aliphatic heterocycles. The molecule has 0 aliphatic carbocycles. The van der Waals surface area contributed by atoms with Crippen molar-refractivity contribution in [1.29, 1.82) is 0 Å². The standard InChI is InChI=1S/C29H30FN5O3/c1-33-24-13-22(38-2)10-11-23(24)26-27(33)25(15-36)35(28(37)32-20-8-6-19(30)7-9-20)18-29(26)16-34(17-29)14-21-5-3-4-12-31-21/h3-13,25,36H,14-18H2,1-2H3,(H,32,37)/t25-/m1/s1. The summed E-state index contributed by atoms with van der Waals surface area (Å²) >= 11 is 0. The van der Waals surface area contributed by atoms with Crippen molar-refractivity contribution in [3.8, 4) is 5.75 Å². The summed E-state index contributed by atoms with van der Waals surface area (Å²) in [7, 11) is 3.62. The molecule has 4 heterocycles. The lowest BCUT2D eigenvalue weighted by Crippen LogP contribution is -2.67. The van der Waals surface area contributed by atoms with Crippen LogP contribution in [0.4, 0.5) is 14.9 Å². The third kappa shape index (κ3) is 3.99. The SMILES string of the molecule is COc1ccc2c3c(n(C)c2c1)[C@@H](CO)N(C(=O)Nc1ccc(F)cc1)CC31CN(Cc2ccccn2)C1. The minimum absolute atomic E-state index is 0.223. The molecule has 196 valence electrons. The van der Waals surface area contributed by atoms with E-state index in [-0.39, 0.29) is 23.9 Å². The van der Waals surface area contributed by atoms with Crippen LogP contribution in [0.1, 0.15) is 23.0 Å². The van der Waals surface area contributed by atoms with Crippen LogP contribution in [0, 0.1) is 5.82 Å². The summed E-state index contributed by atoms with van der Waals surface area (Å²) in [4.78, 5) is 22.2. The lowest BCUT2D eigenvalue weighted by Gasteiger charge is -2.56. The normalized spacial score (nSPS) is 18.3. The van der Waals surface area contributed by atoms with Crippen molar-refractivity contribution in [2.24, 2.45) is 7.05 Å². The second kappa shape index (κ2) is 9.41. The smallest absolute Gasteiger partial charge is 0.322 e. The number of aryl methyl sites for hydroxylation is 1. The van der Waals surface area contributed by atoms with Crippen molar-refractivity contribution in [1.82, 2.24) is 19.4 Å². The molecule has 1 atom stereocenters. The van der Waals surface area contributed by atoms with Crippen LogP contribution in [0.2, 0.25) is 0 Å². The van der Waals surface area contributed by atoms with Crippen LogP contribution >= 0.6 is 0 Å². The van der Waals surface area contributed by atoms with E-state index in [1.807, 2.05) is 37.4 Å². The van der Waals surface area contributed by atoms with Crippen LogP contribution in [-0.4, -0.2) is 63.8 Å². The van der Waals surface area contributed by atoms with E-state index in [1.54, 1.807) is 18.2 Å². The highest BCUT2D eigenvalue weighted by atomic mass is 19.1. The Balaban J connectivity index is 1.40. The summed E-state index contributed by atoms with van der Waals surface area (Å²) in [6.07, 6.45) is 1.80. The predicted molar refractivity (Wildman–Crippen MR) is 143 cm³/mol. The number of nitrogens with one attached hydrogen (secondary N) is 1. The zero-order valence-electron chi connectivity index (χ0n) is 21.4. The molecule has 2 amide bonds. The Labute approximate surface area is 220 Å². The van der Waals surface area contributed by atoms with Gasteiger partial charge in [0.25, 0.3) is 0 Å². The largest absolute Gasteiger partial charge is 0.497 e. The summed E-state index contributed by atoms with van der Waals surface area (Å²) in [5.74, 6) is 0.382. The van der Waals surface area contributed by atoms with Gasteiger partial charge in [-0.3, -0.25) is 9.88 Å². The molecule has 1 fully saturated rings. The molecular weight excluding hydrogens is 485 g/mol. The van der Waals surface area contributed by atoms with E-state index in [0.717, 1.165) is 47.7 Å². The van der Waals surface area contributed by atoms with Gasteiger partial charge in [0.2, 0.25) is 0 Å². The number of hydrogen-bond acceptors (Lipinski definition) is 5. The zero-order valence-corrected chi connectivity index (χ0v) is 21.4. The van der Waals surface area contributed by atoms with E-state index >= 15 is 0 Å². The first-order valence-electron chi connectivity index (χ1n) is 12.7. The number of likely N-dealkylation sites (tertiary alicyclic amines) is 1. The number of carbonyl (C=O) groups excluding carboxylic acids is 1. The second-order valence-corrected chi connectivity index (χ2v) is 10.2. The van der Waals surface area contributed by atoms with E-state index in [2.05, 4.69) is 25.8 Å². The summed E-state index contributed by atoms with van der Waals surface area (Å²) < 4.78 is 21.0. The molecule has 4 aromatic rings. The number of aliphatic hydroxyl groups is 1. The Hall–Kier alpha value is -3.95. The molecule has 6 rings (SSSR count). The first-order chi connectivity index (χ1) is 18.4. The summed E-state index contributed by atoms with van der Waals surface area (Å²) in [5, 5.41) is 14.6. The van der Waals surface area contributed by atoms with Crippen molar-refractivity contribution in [3.63, 3.8) is 0 Å². The Morgan fingerprint density at radius 1 is 1.16 bits per heavy atom. The maximum atomic E-state index is 13.6.